The van der Waals surface area contributed by atoms with Crippen molar-refractivity contribution in [3.63, 3.8) is 0 Å². The van der Waals surface area contributed by atoms with E-state index in [0.29, 0.717) is 18.0 Å². The van der Waals surface area contributed by atoms with Gasteiger partial charge in [-0.1, -0.05) is 18.2 Å². The Morgan fingerprint density at radius 1 is 1.00 bits per heavy atom. The number of hydrogen-bond donors (Lipinski definition) is 0. The van der Waals surface area contributed by atoms with Gasteiger partial charge in [0.1, 0.15) is 5.65 Å². The molecule has 1 saturated carbocycles. The second kappa shape index (κ2) is 9.78. The summed E-state index contributed by atoms with van der Waals surface area (Å²) < 4.78 is 7.22. The van der Waals surface area contributed by atoms with Crippen molar-refractivity contribution < 1.29 is 4.74 Å². The minimum absolute atomic E-state index is 0.00101. The summed E-state index contributed by atoms with van der Waals surface area (Å²) in [5, 5.41) is 1.05. The fourth-order valence-electron chi connectivity index (χ4n) is 7.64. The van der Waals surface area contributed by atoms with Crippen molar-refractivity contribution in [3.8, 4) is 0 Å². The topological polar surface area (TPSA) is 53.8 Å². The quantitative estimate of drug-likeness (QED) is 0.527. The zero-order chi connectivity index (χ0) is 25.8. The van der Waals surface area contributed by atoms with Gasteiger partial charge in [0.05, 0.1) is 24.9 Å². The highest BCUT2D eigenvalue weighted by atomic mass is 16.5. The van der Waals surface area contributed by atoms with Gasteiger partial charge in [0.2, 0.25) is 0 Å². The molecule has 0 bridgehead atoms. The van der Waals surface area contributed by atoms with E-state index < -0.39 is 0 Å². The molecule has 3 fully saturated rings. The smallest absolute Gasteiger partial charge is 0.253 e. The lowest BCUT2D eigenvalue weighted by Crippen LogP contribution is -2.51. The predicted molar refractivity (Wildman–Crippen MR) is 151 cm³/mol. The molecule has 38 heavy (non-hydrogen) atoms. The average Bonchev–Trinajstić information content (AvgIpc) is 3.34. The van der Waals surface area contributed by atoms with E-state index in [0.717, 1.165) is 68.7 Å². The Kier molecular flexibility index (Phi) is 6.26. The van der Waals surface area contributed by atoms with Gasteiger partial charge in [0, 0.05) is 69.5 Å². The molecular weight excluding hydrogens is 474 g/mol. The zero-order valence-corrected chi connectivity index (χ0v) is 22.7. The van der Waals surface area contributed by atoms with Crippen molar-refractivity contribution in [1.82, 2.24) is 19.4 Å². The van der Waals surface area contributed by atoms with Crippen LogP contribution in [-0.4, -0.2) is 70.8 Å². The van der Waals surface area contributed by atoms with Gasteiger partial charge in [-0.15, -0.1) is 0 Å². The van der Waals surface area contributed by atoms with Crippen molar-refractivity contribution in [1.29, 1.82) is 0 Å². The Morgan fingerprint density at radius 2 is 1.82 bits per heavy atom. The number of aromatic nitrogens is 2. The molecule has 2 saturated heterocycles. The molecule has 1 aromatic carbocycles. The van der Waals surface area contributed by atoms with E-state index in [4.69, 9.17) is 4.74 Å². The number of aryl methyl sites for hydroxylation is 1. The van der Waals surface area contributed by atoms with Crippen LogP contribution >= 0.6 is 0 Å². The Labute approximate surface area is 225 Å². The van der Waals surface area contributed by atoms with E-state index in [1.807, 2.05) is 13.1 Å². The van der Waals surface area contributed by atoms with Gasteiger partial charge in [0.15, 0.2) is 0 Å². The van der Waals surface area contributed by atoms with Crippen LogP contribution in [0.15, 0.2) is 47.4 Å². The van der Waals surface area contributed by atoms with Crippen LogP contribution in [0.5, 0.6) is 0 Å². The first-order valence-electron chi connectivity index (χ1n) is 14.5. The fourth-order valence-corrected chi connectivity index (χ4v) is 7.64. The molecule has 2 atom stereocenters. The van der Waals surface area contributed by atoms with Crippen LogP contribution in [0.4, 0.5) is 5.69 Å². The highest BCUT2D eigenvalue weighted by Gasteiger charge is 2.40. The molecule has 5 heterocycles. The number of pyridine rings is 2. The molecule has 0 unspecified atom stereocenters. The Hall–Kier alpha value is -2.74. The minimum atomic E-state index is 0.00101. The first-order valence-corrected chi connectivity index (χ1v) is 14.5. The summed E-state index contributed by atoms with van der Waals surface area (Å²) in [4.78, 5) is 25.1. The van der Waals surface area contributed by atoms with Gasteiger partial charge < -0.3 is 9.64 Å². The summed E-state index contributed by atoms with van der Waals surface area (Å²) in [5.41, 5.74) is 6.29. The first kappa shape index (κ1) is 24.3. The van der Waals surface area contributed by atoms with Crippen LogP contribution < -0.4 is 10.5 Å². The Balaban J connectivity index is 1.11. The summed E-state index contributed by atoms with van der Waals surface area (Å²) in [7, 11) is 1.81. The van der Waals surface area contributed by atoms with E-state index in [-0.39, 0.29) is 5.56 Å². The normalized spacial score (nSPS) is 28.4. The van der Waals surface area contributed by atoms with E-state index in [1.54, 1.807) is 16.8 Å². The molecule has 0 N–H and O–H groups in total. The maximum atomic E-state index is 12.8. The summed E-state index contributed by atoms with van der Waals surface area (Å²) in [6.07, 6.45) is 6.97. The Morgan fingerprint density at radius 3 is 2.63 bits per heavy atom. The highest BCUT2D eigenvalue weighted by Crippen LogP contribution is 2.43. The molecule has 7 heteroatoms. The molecule has 2 aromatic heterocycles. The SMILES string of the molecule is C[C@@H]1CN(c2cc(=O)n(C)c3ncccc23)C[C@@H]2c3ccc(C4CCC(N5CCOCC5)CC4)cc3CN12. The maximum Gasteiger partial charge on any atom is 0.253 e. The number of morpholine rings is 1. The summed E-state index contributed by atoms with van der Waals surface area (Å²) in [5.74, 6) is 0.684. The van der Waals surface area contributed by atoms with Crippen LogP contribution in [0.3, 0.4) is 0 Å². The molecule has 0 radical (unpaired) electrons. The standard InChI is InChI=1S/C31H39N5O2/c1-21-18-35(28-17-30(37)33(2)31-27(28)4-3-11-32-31)20-29-26-10-7-23(16-24(26)19-36(21)29)22-5-8-25(9-6-22)34-12-14-38-15-13-34/h3-4,7,10-11,16-17,21-22,25,29H,5-6,8-9,12-15,18-20H2,1-2H3/t21-,22?,25?,29-/m1/s1. The van der Waals surface area contributed by atoms with Gasteiger partial charge in [-0.2, -0.15) is 0 Å². The Bertz CT molecular complexity index is 1390. The molecule has 200 valence electrons. The van der Waals surface area contributed by atoms with Crippen LogP contribution in [-0.2, 0) is 18.3 Å². The average molecular weight is 514 g/mol. The number of ether oxygens (including phenoxy) is 1. The lowest BCUT2D eigenvalue weighted by Gasteiger charge is -2.43. The van der Waals surface area contributed by atoms with Crippen molar-refractivity contribution in [3.05, 3.63) is 69.6 Å². The molecule has 1 aliphatic carbocycles. The molecule has 0 amide bonds. The fraction of sp³-hybridized carbons (Fsp3) is 0.548. The zero-order valence-electron chi connectivity index (χ0n) is 22.7. The van der Waals surface area contributed by atoms with Crippen molar-refractivity contribution in [2.75, 3.05) is 44.3 Å². The summed E-state index contributed by atoms with van der Waals surface area (Å²) in [6.45, 7) is 9.18. The molecule has 4 aliphatic rings. The monoisotopic (exact) mass is 513 g/mol. The van der Waals surface area contributed by atoms with E-state index in [2.05, 4.69) is 50.9 Å². The van der Waals surface area contributed by atoms with E-state index in [9.17, 15) is 4.79 Å². The second-order valence-electron chi connectivity index (χ2n) is 11.9. The molecule has 0 spiro atoms. The number of piperazine rings is 1. The minimum Gasteiger partial charge on any atom is -0.379 e. The van der Waals surface area contributed by atoms with Gasteiger partial charge in [-0.25, -0.2) is 4.98 Å². The third kappa shape index (κ3) is 4.16. The third-order valence-corrected chi connectivity index (χ3v) is 9.77. The van der Waals surface area contributed by atoms with Gasteiger partial charge >= 0.3 is 0 Å². The van der Waals surface area contributed by atoms with Crippen LogP contribution in [0, 0.1) is 0 Å². The largest absolute Gasteiger partial charge is 0.379 e. The number of nitrogens with zero attached hydrogens (tertiary/aromatic N) is 5. The van der Waals surface area contributed by atoms with E-state index in [1.165, 1.54) is 42.4 Å². The molecule has 3 aliphatic heterocycles. The molecular formula is C31H39N5O2. The van der Waals surface area contributed by atoms with Crippen LogP contribution in [0.2, 0.25) is 0 Å². The van der Waals surface area contributed by atoms with Gasteiger partial charge in [-0.05, 0) is 67.3 Å². The lowest BCUT2D eigenvalue weighted by atomic mass is 9.80. The highest BCUT2D eigenvalue weighted by molar-refractivity contribution is 5.89. The molecule has 7 rings (SSSR count). The number of fused-ring (bicyclic) bond motifs is 4. The first-order chi connectivity index (χ1) is 18.6. The van der Waals surface area contributed by atoms with Crippen molar-refractivity contribution in [2.45, 2.75) is 63.2 Å². The number of benzene rings is 1. The number of hydrogen-bond acceptors (Lipinski definition) is 6. The molecule has 7 nitrogen and oxygen atoms in total. The van der Waals surface area contributed by atoms with Gasteiger partial charge in [-0.3, -0.25) is 19.2 Å². The molecule has 3 aromatic rings. The predicted octanol–water partition coefficient (Wildman–Crippen LogP) is 4.06. The number of anilines is 1. The van der Waals surface area contributed by atoms with E-state index >= 15 is 0 Å². The lowest BCUT2D eigenvalue weighted by molar-refractivity contribution is 0.00729. The van der Waals surface area contributed by atoms with Crippen molar-refractivity contribution >= 4 is 16.7 Å². The summed E-state index contributed by atoms with van der Waals surface area (Å²) >= 11 is 0. The third-order valence-electron chi connectivity index (χ3n) is 9.77. The second-order valence-corrected chi connectivity index (χ2v) is 11.9. The maximum absolute atomic E-state index is 12.8. The van der Waals surface area contributed by atoms with Crippen LogP contribution in [0.1, 0.15) is 61.3 Å². The van der Waals surface area contributed by atoms with Gasteiger partial charge in [0.25, 0.3) is 5.56 Å². The van der Waals surface area contributed by atoms with Crippen molar-refractivity contribution in [2.24, 2.45) is 7.05 Å². The van der Waals surface area contributed by atoms with Crippen LogP contribution in [0.25, 0.3) is 11.0 Å². The number of rotatable bonds is 3. The summed E-state index contributed by atoms with van der Waals surface area (Å²) in [6, 6.07) is 14.7.